The summed E-state index contributed by atoms with van der Waals surface area (Å²) in [7, 11) is 5.71. The van der Waals surface area contributed by atoms with Gasteiger partial charge in [0.15, 0.2) is 55.6 Å². The van der Waals surface area contributed by atoms with Crippen LogP contribution >= 0.6 is 15.9 Å². The fourth-order valence-electron chi connectivity index (χ4n) is 4.22. The Morgan fingerprint density at radius 2 is 1.41 bits per heavy atom. The Kier molecular flexibility index (Phi) is 11.6. The third-order valence-corrected chi connectivity index (χ3v) is 6.38. The van der Waals surface area contributed by atoms with Crippen LogP contribution in [0.25, 0.3) is 33.0 Å². The van der Waals surface area contributed by atoms with Gasteiger partial charge >= 0.3 is 5.97 Å². The number of halogens is 1. The van der Waals surface area contributed by atoms with E-state index in [1.807, 2.05) is 0 Å². The van der Waals surface area contributed by atoms with Gasteiger partial charge in [0.25, 0.3) is 0 Å². The highest BCUT2D eigenvalue weighted by Crippen LogP contribution is 2.38. The smallest absolute Gasteiger partial charge is 0.343 e. The van der Waals surface area contributed by atoms with Gasteiger partial charge < -0.3 is 52.0 Å². The van der Waals surface area contributed by atoms with Crippen molar-refractivity contribution in [2.45, 2.75) is 0 Å². The van der Waals surface area contributed by atoms with E-state index in [1.165, 1.54) is 46.8 Å². The molecular weight excluding hydrogens is 650 g/mol. The number of rotatable bonds is 16. The van der Waals surface area contributed by atoms with Crippen molar-refractivity contribution in [1.29, 1.82) is 0 Å². The maximum atomic E-state index is 14.1. The second-order valence-corrected chi connectivity index (χ2v) is 9.63. The molecule has 0 fully saturated rings. The van der Waals surface area contributed by atoms with Crippen molar-refractivity contribution in [2.24, 2.45) is 0 Å². The molecule has 0 unspecified atom stereocenters. The zero-order valence-corrected chi connectivity index (χ0v) is 25.9. The number of hydrogen-bond acceptors (Lipinski definition) is 13. The summed E-state index contributed by atoms with van der Waals surface area (Å²) in [5, 5.41) is 0.331. The zero-order chi connectivity index (χ0) is 31.6. The first-order valence-electron chi connectivity index (χ1n) is 12.9. The summed E-state index contributed by atoms with van der Waals surface area (Å²) in [4.78, 5) is 44.2. The van der Waals surface area contributed by atoms with Crippen molar-refractivity contribution in [1.82, 2.24) is 4.98 Å². The van der Waals surface area contributed by atoms with E-state index in [1.54, 1.807) is 6.07 Å². The minimum atomic E-state index is -0.885. The van der Waals surface area contributed by atoms with Crippen LogP contribution in [0.4, 0.5) is 0 Å². The molecule has 0 bridgehead atoms. The Balaban J connectivity index is 1.97. The number of nitrogens with one attached hydrogen (secondary N) is 1. The van der Waals surface area contributed by atoms with Gasteiger partial charge in [-0.15, -0.1) is 0 Å². The number of pyridine rings is 1. The molecular formula is C29H30BrNO13. The van der Waals surface area contributed by atoms with Gasteiger partial charge in [-0.3, -0.25) is 9.59 Å². The number of fused-ring (bicyclic) bond motifs is 2. The van der Waals surface area contributed by atoms with Crippen LogP contribution in [0.15, 0.2) is 44.7 Å². The van der Waals surface area contributed by atoms with Crippen LogP contribution in [0.3, 0.4) is 0 Å². The molecule has 0 aliphatic rings. The number of alkyl halides is 1. The number of carbonyl (C=O) groups is 1. The Hall–Kier alpha value is -4.15. The van der Waals surface area contributed by atoms with Gasteiger partial charge in [-0.1, -0.05) is 15.9 Å². The normalized spacial score (nSPS) is 11.1. The summed E-state index contributed by atoms with van der Waals surface area (Å²) < 4.78 is 53.6. The molecule has 0 radical (unpaired) electrons. The van der Waals surface area contributed by atoms with E-state index in [9.17, 15) is 14.4 Å². The summed E-state index contributed by atoms with van der Waals surface area (Å²) in [5.74, 6) is -0.464. The summed E-state index contributed by atoms with van der Waals surface area (Å²) in [6.45, 7) is -0.672. The second-order valence-electron chi connectivity index (χ2n) is 8.83. The molecule has 0 amide bonds. The van der Waals surface area contributed by atoms with Crippen LogP contribution in [0, 0.1) is 0 Å². The second kappa shape index (κ2) is 15.5. The molecule has 0 spiro atoms. The van der Waals surface area contributed by atoms with E-state index in [2.05, 4.69) is 20.9 Å². The number of aromatic nitrogens is 1. The topological polar surface area (TPSA) is 163 Å². The van der Waals surface area contributed by atoms with Gasteiger partial charge in [0, 0.05) is 52.1 Å². The lowest BCUT2D eigenvalue weighted by Gasteiger charge is -2.17. The molecule has 0 atom stereocenters. The molecule has 44 heavy (non-hydrogen) atoms. The zero-order valence-electron chi connectivity index (χ0n) is 24.3. The van der Waals surface area contributed by atoms with Crippen LogP contribution in [0.2, 0.25) is 0 Å². The Morgan fingerprint density at radius 1 is 0.795 bits per heavy atom. The van der Waals surface area contributed by atoms with Crippen molar-refractivity contribution in [3.63, 3.8) is 0 Å². The molecule has 2 heterocycles. The summed E-state index contributed by atoms with van der Waals surface area (Å²) in [6, 6.07) is 4.40. The average Bonchev–Trinajstić information content (AvgIpc) is 3.03. The molecule has 1 N–H and O–H groups in total. The molecule has 4 aromatic rings. The first-order chi connectivity index (χ1) is 21.4. The molecule has 0 saturated carbocycles. The fraction of sp³-hybridized carbons (Fsp3) is 0.345. The lowest BCUT2D eigenvalue weighted by Crippen LogP contribution is -2.19. The van der Waals surface area contributed by atoms with Gasteiger partial charge in [-0.2, -0.15) is 0 Å². The highest BCUT2D eigenvalue weighted by atomic mass is 79.9. The van der Waals surface area contributed by atoms with Gasteiger partial charge in [-0.05, 0) is 6.07 Å². The van der Waals surface area contributed by atoms with Gasteiger partial charge in [0.2, 0.25) is 5.43 Å². The standard InChI is InChI=1S/C29H30BrNO13/c1-35-12-41-20-7-16-19(8-21(20)42-13-36-2)31-10-17(26(16)32)18-11-40-22-9-23(43-14-37-3)28(44-15-38-4)25(24(22)27(18)33)29(34)39-6-5-30/h7-11H,5-6,12-15H2,1-4H3,(H,31,32). The molecule has 236 valence electrons. The minimum Gasteiger partial charge on any atom is -0.464 e. The van der Waals surface area contributed by atoms with Crippen LogP contribution in [0.5, 0.6) is 23.0 Å². The number of esters is 1. The van der Waals surface area contributed by atoms with Crippen molar-refractivity contribution in [3.8, 4) is 34.1 Å². The lowest BCUT2D eigenvalue weighted by atomic mass is 10.0. The number of H-pyrrole nitrogens is 1. The fourth-order valence-corrected chi connectivity index (χ4v) is 4.38. The number of benzene rings is 2. The SMILES string of the molecule is COCOc1cc2[nH]cc(-c3coc4cc(OCOC)c(OCOC)c(C(=O)OCCBr)c4c3=O)c(=O)c2cc1OCOC. The Bertz CT molecular complexity index is 1730. The molecule has 0 saturated heterocycles. The first-order valence-corrected chi connectivity index (χ1v) is 14.0. The number of carbonyl (C=O) groups excluding carboxylic acids is 1. The summed E-state index contributed by atoms with van der Waals surface area (Å²) in [5.41, 5.74) is -1.27. The molecule has 4 rings (SSSR count). The predicted octanol–water partition coefficient (Wildman–Crippen LogP) is 3.78. The van der Waals surface area contributed by atoms with E-state index < -0.39 is 16.8 Å². The first kappa shape index (κ1) is 32.8. The molecule has 2 aromatic carbocycles. The molecule has 2 aromatic heterocycles. The summed E-state index contributed by atoms with van der Waals surface area (Å²) in [6.07, 6.45) is 2.49. The van der Waals surface area contributed by atoms with E-state index in [-0.39, 0.29) is 84.1 Å². The Morgan fingerprint density at radius 3 is 2.05 bits per heavy atom. The largest absolute Gasteiger partial charge is 0.464 e. The third kappa shape index (κ3) is 6.97. The van der Waals surface area contributed by atoms with Crippen molar-refractivity contribution in [3.05, 3.63) is 56.7 Å². The van der Waals surface area contributed by atoms with Crippen LogP contribution in [-0.4, -0.2) is 78.5 Å². The van der Waals surface area contributed by atoms with E-state index in [0.29, 0.717) is 16.6 Å². The lowest BCUT2D eigenvalue weighted by molar-refractivity contribution is 0.0299. The quantitative estimate of drug-likeness (QED) is 0.103. The number of hydrogen-bond donors (Lipinski definition) is 1. The number of aromatic amines is 1. The molecule has 0 aliphatic heterocycles. The predicted molar refractivity (Wildman–Crippen MR) is 160 cm³/mol. The number of ether oxygens (including phenoxy) is 9. The molecule has 0 aliphatic carbocycles. The average molecular weight is 680 g/mol. The molecule has 14 nitrogen and oxygen atoms in total. The maximum Gasteiger partial charge on any atom is 0.343 e. The van der Waals surface area contributed by atoms with E-state index in [4.69, 9.17) is 47.0 Å². The Labute approximate surface area is 258 Å². The third-order valence-electron chi connectivity index (χ3n) is 6.05. The van der Waals surface area contributed by atoms with Crippen molar-refractivity contribution >= 4 is 43.8 Å². The van der Waals surface area contributed by atoms with Crippen LogP contribution in [0.1, 0.15) is 10.4 Å². The summed E-state index contributed by atoms with van der Waals surface area (Å²) >= 11 is 3.21. The van der Waals surface area contributed by atoms with Gasteiger partial charge in [-0.25, -0.2) is 4.79 Å². The van der Waals surface area contributed by atoms with Gasteiger partial charge in [0.05, 0.1) is 27.4 Å². The molecule has 15 heteroatoms. The van der Waals surface area contributed by atoms with E-state index in [0.717, 1.165) is 6.26 Å². The van der Waals surface area contributed by atoms with Crippen LogP contribution < -0.4 is 29.8 Å². The highest BCUT2D eigenvalue weighted by Gasteiger charge is 2.28. The van der Waals surface area contributed by atoms with E-state index >= 15 is 0 Å². The van der Waals surface area contributed by atoms with Gasteiger partial charge in [0.1, 0.15) is 24.0 Å². The van der Waals surface area contributed by atoms with Crippen LogP contribution in [-0.2, 0) is 23.7 Å². The number of methoxy groups -OCH3 is 4. The highest BCUT2D eigenvalue weighted by molar-refractivity contribution is 9.09. The van der Waals surface area contributed by atoms with Crippen molar-refractivity contribution in [2.75, 3.05) is 67.5 Å². The maximum absolute atomic E-state index is 14.1. The van der Waals surface area contributed by atoms with Crippen molar-refractivity contribution < 1.29 is 51.8 Å². The monoisotopic (exact) mass is 679 g/mol. The minimum absolute atomic E-state index is 0.00781.